The fourth-order valence-electron chi connectivity index (χ4n) is 1.48. The first-order valence-corrected chi connectivity index (χ1v) is 5.91. The van der Waals surface area contributed by atoms with Gasteiger partial charge < -0.3 is 10.4 Å². The highest BCUT2D eigenvalue weighted by molar-refractivity contribution is 7.80. The zero-order chi connectivity index (χ0) is 12.7. The number of hydrogen-bond acceptors (Lipinski definition) is 3. The normalized spacial score (nSPS) is 11.8. The molecule has 5 heteroatoms. The van der Waals surface area contributed by atoms with E-state index in [1.54, 1.807) is 0 Å². The Morgan fingerprint density at radius 3 is 2.47 bits per heavy atom. The number of benzene rings is 1. The summed E-state index contributed by atoms with van der Waals surface area (Å²) >= 11 is 4.15. The molecule has 92 valence electrons. The monoisotopic (exact) mass is 253 g/mol. The first kappa shape index (κ1) is 13.6. The van der Waals surface area contributed by atoms with Crippen LogP contribution in [0, 0.1) is 0 Å². The maximum Gasteiger partial charge on any atom is 0.312 e. The Kier molecular flexibility index (Phi) is 5.56. The van der Waals surface area contributed by atoms with E-state index < -0.39 is 18.3 Å². The van der Waals surface area contributed by atoms with E-state index in [0.29, 0.717) is 12.2 Å². The molecule has 1 aromatic rings. The van der Waals surface area contributed by atoms with Crippen molar-refractivity contribution in [2.24, 2.45) is 0 Å². The van der Waals surface area contributed by atoms with Crippen molar-refractivity contribution in [2.45, 2.75) is 18.9 Å². The highest BCUT2D eigenvalue weighted by Gasteiger charge is 2.13. The van der Waals surface area contributed by atoms with Crippen LogP contribution in [0.15, 0.2) is 30.3 Å². The maximum absolute atomic E-state index is 11.3. The number of nitrogens with one attached hydrogen (secondary N) is 1. The molecule has 0 bridgehead atoms. The Hall–Kier alpha value is -1.49. The lowest BCUT2D eigenvalue weighted by Gasteiger charge is -2.16. The second kappa shape index (κ2) is 6.96. The molecule has 0 aliphatic carbocycles. The van der Waals surface area contributed by atoms with Gasteiger partial charge in [0.25, 0.3) is 0 Å². The van der Waals surface area contributed by atoms with Crippen LogP contribution >= 0.6 is 12.6 Å². The summed E-state index contributed by atoms with van der Waals surface area (Å²) in [6, 6.07) is 9.53. The molecule has 1 rings (SSSR count). The fourth-order valence-corrected chi connectivity index (χ4v) is 1.70. The van der Waals surface area contributed by atoms with Gasteiger partial charge >= 0.3 is 5.97 Å². The van der Waals surface area contributed by atoms with Crippen LogP contribution in [0.25, 0.3) is 0 Å². The van der Waals surface area contributed by atoms with Crippen molar-refractivity contribution in [3.8, 4) is 0 Å². The van der Waals surface area contributed by atoms with Gasteiger partial charge in [0.2, 0.25) is 5.91 Å². The topological polar surface area (TPSA) is 66.4 Å². The summed E-state index contributed by atoms with van der Waals surface area (Å²) < 4.78 is 0. The van der Waals surface area contributed by atoms with E-state index in [2.05, 4.69) is 17.9 Å². The second-order valence-electron chi connectivity index (χ2n) is 3.71. The van der Waals surface area contributed by atoms with Crippen LogP contribution in [0.3, 0.4) is 0 Å². The average molecular weight is 253 g/mol. The Morgan fingerprint density at radius 1 is 1.29 bits per heavy atom. The molecule has 1 amide bonds. The van der Waals surface area contributed by atoms with E-state index in [1.165, 1.54) is 0 Å². The van der Waals surface area contributed by atoms with Gasteiger partial charge in [-0.3, -0.25) is 9.59 Å². The number of carboxylic acid groups (broad SMARTS) is 1. The number of amides is 1. The van der Waals surface area contributed by atoms with E-state index in [9.17, 15) is 9.59 Å². The van der Waals surface area contributed by atoms with Gasteiger partial charge in [0, 0.05) is 11.8 Å². The quantitative estimate of drug-likeness (QED) is 0.526. The third-order valence-corrected chi connectivity index (χ3v) is 2.66. The molecule has 1 atom stereocenters. The van der Waals surface area contributed by atoms with E-state index in [4.69, 9.17) is 5.11 Å². The number of rotatable bonds is 6. The number of aliphatic carboxylic acids is 1. The Bertz CT molecular complexity index is 381. The Balaban J connectivity index is 2.49. The number of hydrogen-bond donors (Lipinski definition) is 3. The molecule has 4 nitrogen and oxygen atoms in total. The zero-order valence-corrected chi connectivity index (χ0v) is 10.2. The predicted molar refractivity (Wildman–Crippen MR) is 68.2 cm³/mol. The maximum atomic E-state index is 11.3. The van der Waals surface area contributed by atoms with Gasteiger partial charge in [-0.05, 0) is 12.0 Å². The van der Waals surface area contributed by atoms with Crippen LogP contribution in [0.4, 0.5) is 0 Å². The first-order chi connectivity index (χ1) is 8.11. The van der Waals surface area contributed by atoms with E-state index in [0.717, 1.165) is 5.56 Å². The fraction of sp³-hybridized carbons (Fsp3) is 0.333. The number of thiol groups is 1. The van der Waals surface area contributed by atoms with E-state index in [1.807, 2.05) is 30.3 Å². The number of carbonyl (C=O) groups is 2. The molecule has 0 aliphatic rings. The van der Waals surface area contributed by atoms with Crippen molar-refractivity contribution in [1.29, 1.82) is 0 Å². The number of carbonyl (C=O) groups excluding carboxylic acids is 1. The van der Waals surface area contributed by atoms with Crippen molar-refractivity contribution < 1.29 is 14.7 Å². The summed E-state index contributed by atoms with van der Waals surface area (Å²) in [5.41, 5.74) is 1.09. The summed E-state index contributed by atoms with van der Waals surface area (Å²) in [5, 5.41) is 11.1. The minimum absolute atomic E-state index is 0.146. The third kappa shape index (κ3) is 5.40. The average Bonchev–Trinajstić information content (AvgIpc) is 2.28. The van der Waals surface area contributed by atoms with Crippen LogP contribution in [-0.4, -0.2) is 28.8 Å². The Morgan fingerprint density at radius 2 is 1.94 bits per heavy atom. The third-order valence-electron chi connectivity index (χ3n) is 2.22. The largest absolute Gasteiger partial charge is 0.481 e. The number of carboxylic acids is 1. The molecule has 1 unspecified atom stereocenters. The standard InChI is InChI=1S/C12H15NO3S/c14-11(7-12(15)16)13-10(8-17)6-9-4-2-1-3-5-9/h1-5,10,17H,6-8H2,(H,13,14)(H,15,16). The summed E-state index contributed by atoms with van der Waals surface area (Å²) in [4.78, 5) is 21.6. The van der Waals surface area contributed by atoms with Gasteiger partial charge in [0.1, 0.15) is 6.42 Å². The SMILES string of the molecule is O=C(O)CC(=O)NC(CS)Cc1ccccc1. The van der Waals surface area contributed by atoms with Crippen molar-refractivity contribution in [3.63, 3.8) is 0 Å². The molecule has 0 saturated heterocycles. The van der Waals surface area contributed by atoms with Gasteiger partial charge in [-0.1, -0.05) is 30.3 Å². The highest BCUT2D eigenvalue weighted by Crippen LogP contribution is 2.04. The van der Waals surface area contributed by atoms with Gasteiger partial charge in [-0.15, -0.1) is 0 Å². The molecular formula is C12H15NO3S. The van der Waals surface area contributed by atoms with Gasteiger partial charge in [0.15, 0.2) is 0 Å². The lowest BCUT2D eigenvalue weighted by molar-refractivity contribution is -0.140. The molecular weight excluding hydrogens is 238 g/mol. The summed E-state index contributed by atoms with van der Waals surface area (Å²) in [6.07, 6.45) is 0.148. The van der Waals surface area contributed by atoms with Crippen LogP contribution < -0.4 is 5.32 Å². The van der Waals surface area contributed by atoms with Crippen molar-refractivity contribution in [3.05, 3.63) is 35.9 Å². The van der Waals surface area contributed by atoms with Crippen LogP contribution in [0.2, 0.25) is 0 Å². The molecule has 17 heavy (non-hydrogen) atoms. The molecule has 2 N–H and O–H groups in total. The van der Waals surface area contributed by atoms with Gasteiger partial charge in [-0.25, -0.2) is 0 Å². The lowest BCUT2D eigenvalue weighted by Crippen LogP contribution is -2.38. The van der Waals surface area contributed by atoms with E-state index >= 15 is 0 Å². The lowest BCUT2D eigenvalue weighted by atomic mass is 10.1. The molecule has 1 aromatic carbocycles. The first-order valence-electron chi connectivity index (χ1n) is 5.27. The summed E-state index contributed by atoms with van der Waals surface area (Å²) in [5.74, 6) is -1.13. The molecule has 0 aromatic heterocycles. The molecule has 0 radical (unpaired) electrons. The van der Waals surface area contributed by atoms with Crippen LogP contribution in [0.5, 0.6) is 0 Å². The smallest absolute Gasteiger partial charge is 0.312 e. The molecule has 0 aliphatic heterocycles. The zero-order valence-electron chi connectivity index (χ0n) is 9.30. The van der Waals surface area contributed by atoms with Gasteiger partial charge in [0.05, 0.1) is 0 Å². The van der Waals surface area contributed by atoms with Crippen molar-refractivity contribution in [2.75, 3.05) is 5.75 Å². The second-order valence-corrected chi connectivity index (χ2v) is 4.07. The Labute approximate surface area is 105 Å². The van der Waals surface area contributed by atoms with E-state index in [-0.39, 0.29) is 6.04 Å². The molecule has 0 fully saturated rings. The van der Waals surface area contributed by atoms with Crippen LogP contribution in [-0.2, 0) is 16.0 Å². The highest BCUT2D eigenvalue weighted by atomic mass is 32.1. The summed E-state index contributed by atoms with van der Waals surface area (Å²) in [6.45, 7) is 0. The molecule has 0 heterocycles. The minimum atomic E-state index is -1.12. The molecule has 0 saturated carbocycles. The minimum Gasteiger partial charge on any atom is -0.481 e. The van der Waals surface area contributed by atoms with Crippen LogP contribution in [0.1, 0.15) is 12.0 Å². The predicted octanol–water partition coefficient (Wildman–Crippen LogP) is 1.12. The summed E-state index contributed by atoms with van der Waals surface area (Å²) in [7, 11) is 0. The molecule has 0 spiro atoms. The van der Waals surface area contributed by atoms with Gasteiger partial charge in [-0.2, -0.15) is 12.6 Å². The van der Waals surface area contributed by atoms with Crippen molar-refractivity contribution >= 4 is 24.5 Å². The van der Waals surface area contributed by atoms with Crippen molar-refractivity contribution in [1.82, 2.24) is 5.32 Å².